The van der Waals surface area contributed by atoms with Crippen molar-refractivity contribution in [2.75, 3.05) is 19.6 Å². The van der Waals surface area contributed by atoms with Crippen molar-refractivity contribution in [1.82, 2.24) is 20.4 Å². The summed E-state index contributed by atoms with van der Waals surface area (Å²) in [6.45, 7) is 12.8. The number of nitrogens with zero attached hydrogens (tertiary/aromatic N) is 3. The van der Waals surface area contributed by atoms with E-state index in [1.54, 1.807) is 18.3 Å². The highest BCUT2D eigenvalue weighted by Crippen LogP contribution is 2.23. The molecule has 8 heteroatoms. The van der Waals surface area contributed by atoms with Gasteiger partial charge in [0, 0.05) is 25.3 Å². The Bertz CT molecular complexity index is 712. The molecular weight excluding hydrogens is 473 g/mol. The number of rotatable bonds is 8. The first-order valence-electron chi connectivity index (χ1n) is 9.10. The second-order valence-corrected chi connectivity index (χ2v) is 7.86. The average molecular weight is 505 g/mol. The zero-order valence-electron chi connectivity index (χ0n) is 16.8. The third kappa shape index (κ3) is 7.42. The van der Waals surface area contributed by atoms with E-state index < -0.39 is 5.60 Å². The van der Waals surface area contributed by atoms with Crippen molar-refractivity contribution in [3.05, 3.63) is 39.8 Å². The number of aromatic nitrogens is 2. The molecule has 27 heavy (non-hydrogen) atoms. The van der Waals surface area contributed by atoms with E-state index in [9.17, 15) is 5.11 Å². The molecule has 0 saturated carbocycles. The molecule has 0 amide bonds. The molecule has 6 nitrogen and oxygen atoms in total. The van der Waals surface area contributed by atoms with Crippen LogP contribution in [0.2, 0.25) is 0 Å². The summed E-state index contributed by atoms with van der Waals surface area (Å²) < 4.78 is 2.05. The molecule has 0 aliphatic carbocycles. The fourth-order valence-corrected chi connectivity index (χ4v) is 3.51. The molecule has 2 aromatic heterocycles. The molecule has 0 saturated heterocycles. The Morgan fingerprint density at radius 1 is 1.41 bits per heavy atom. The van der Waals surface area contributed by atoms with E-state index in [4.69, 9.17) is 0 Å². The van der Waals surface area contributed by atoms with Gasteiger partial charge in [-0.05, 0) is 62.1 Å². The minimum atomic E-state index is -0.961. The van der Waals surface area contributed by atoms with E-state index >= 15 is 0 Å². The quantitative estimate of drug-likeness (QED) is 0.293. The molecule has 2 rings (SSSR count). The van der Waals surface area contributed by atoms with Gasteiger partial charge in [-0.1, -0.05) is 6.92 Å². The normalized spacial score (nSPS) is 15.0. The molecule has 2 heterocycles. The summed E-state index contributed by atoms with van der Waals surface area (Å²) in [7, 11) is 0. The molecule has 0 aliphatic rings. The molecule has 0 bridgehead atoms. The van der Waals surface area contributed by atoms with Crippen LogP contribution >= 0.6 is 35.3 Å². The molecule has 0 radical (unpaired) electrons. The lowest BCUT2D eigenvalue weighted by atomic mass is 10.00. The van der Waals surface area contributed by atoms with Crippen LogP contribution in [0.5, 0.6) is 0 Å². The van der Waals surface area contributed by atoms with Gasteiger partial charge in [-0.15, -0.1) is 24.0 Å². The summed E-state index contributed by atoms with van der Waals surface area (Å²) >= 11 is 1.58. The van der Waals surface area contributed by atoms with Crippen molar-refractivity contribution >= 4 is 41.3 Å². The molecule has 3 N–H and O–H groups in total. The summed E-state index contributed by atoms with van der Waals surface area (Å²) in [5, 5.41) is 25.7. The molecule has 0 aromatic carbocycles. The third-order valence-electron chi connectivity index (χ3n) is 4.24. The van der Waals surface area contributed by atoms with Gasteiger partial charge in [0.05, 0.1) is 12.2 Å². The molecule has 0 fully saturated rings. The van der Waals surface area contributed by atoms with Crippen molar-refractivity contribution in [3.8, 4) is 0 Å². The monoisotopic (exact) mass is 505 g/mol. The molecule has 2 unspecified atom stereocenters. The lowest BCUT2D eigenvalue weighted by Crippen LogP contribution is -2.41. The van der Waals surface area contributed by atoms with Crippen molar-refractivity contribution in [2.45, 2.75) is 46.8 Å². The number of halogens is 1. The smallest absolute Gasteiger partial charge is 0.191 e. The van der Waals surface area contributed by atoms with E-state index in [-0.39, 0.29) is 24.0 Å². The SMILES string of the molecule is CCNC(=NCC(C)(O)c1ccsc1)NCC(C)Cn1nc(C)cc1C.I. The summed E-state index contributed by atoms with van der Waals surface area (Å²) in [6, 6.07) is 4.04. The number of aliphatic hydroxyl groups is 1. The third-order valence-corrected chi connectivity index (χ3v) is 4.92. The van der Waals surface area contributed by atoms with Crippen LogP contribution in [0.25, 0.3) is 0 Å². The fourth-order valence-electron chi connectivity index (χ4n) is 2.73. The minimum absolute atomic E-state index is 0. The zero-order chi connectivity index (χ0) is 19.2. The lowest BCUT2D eigenvalue weighted by Gasteiger charge is -2.22. The van der Waals surface area contributed by atoms with E-state index in [0.29, 0.717) is 12.5 Å². The summed E-state index contributed by atoms with van der Waals surface area (Å²) in [5.41, 5.74) is 2.17. The zero-order valence-corrected chi connectivity index (χ0v) is 20.0. The lowest BCUT2D eigenvalue weighted by molar-refractivity contribution is 0.0677. The van der Waals surface area contributed by atoms with Gasteiger partial charge in [0.15, 0.2) is 5.96 Å². The number of hydrogen-bond donors (Lipinski definition) is 3. The van der Waals surface area contributed by atoms with Crippen LogP contribution in [-0.2, 0) is 12.1 Å². The summed E-state index contributed by atoms with van der Waals surface area (Å²) in [4.78, 5) is 4.57. The Labute approximate surface area is 183 Å². The van der Waals surface area contributed by atoms with Gasteiger partial charge in [-0.2, -0.15) is 16.4 Å². The number of thiophene rings is 1. The van der Waals surface area contributed by atoms with Crippen LogP contribution in [0, 0.1) is 19.8 Å². The van der Waals surface area contributed by atoms with Gasteiger partial charge >= 0.3 is 0 Å². The Morgan fingerprint density at radius 3 is 2.70 bits per heavy atom. The van der Waals surface area contributed by atoms with E-state index in [0.717, 1.165) is 36.9 Å². The van der Waals surface area contributed by atoms with Crippen LogP contribution in [0.15, 0.2) is 27.9 Å². The number of guanidine groups is 1. The van der Waals surface area contributed by atoms with Gasteiger partial charge in [0.25, 0.3) is 0 Å². The van der Waals surface area contributed by atoms with Crippen molar-refractivity contribution in [2.24, 2.45) is 10.9 Å². The van der Waals surface area contributed by atoms with E-state index in [1.807, 2.05) is 35.4 Å². The predicted octanol–water partition coefficient (Wildman–Crippen LogP) is 3.28. The maximum absolute atomic E-state index is 10.6. The first-order valence-corrected chi connectivity index (χ1v) is 10.0. The van der Waals surface area contributed by atoms with E-state index in [2.05, 4.69) is 40.6 Å². The largest absolute Gasteiger partial charge is 0.383 e. The highest BCUT2D eigenvalue weighted by Gasteiger charge is 2.23. The second kappa shape index (κ2) is 11.0. The van der Waals surface area contributed by atoms with Gasteiger partial charge in [-0.25, -0.2) is 4.99 Å². The summed E-state index contributed by atoms with van der Waals surface area (Å²) in [5.74, 6) is 1.12. The van der Waals surface area contributed by atoms with E-state index in [1.165, 1.54) is 5.69 Å². The van der Waals surface area contributed by atoms with Crippen LogP contribution in [-0.4, -0.2) is 40.5 Å². The number of aliphatic imine (C=N–C) groups is 1. The standard InChI is InChI=1S/C19H31N5OS.HI/c1-6-20-18(22-13-19(5,25)17-7-8-26-12-17)21-10-14(2)11-24-16(4)9-15(3)23-24;/h7-9,12,14,25H,6,10-11,13H2,1-5H3,(H2,20,21,22);1H. The fraction of sp³-hybridized carbons (Fsp3) is 0.579. The summed E-state index contributed by atoms with van der Waals surface area (Å²) in [6.07, 6.45) is 0. The maximum atomic E-state index is 10.6. The highest BCUT2D eigenvalue weighted by atomic mass is 127. The number of nitrogens with one attached hydrogen (secondary N) is 2. The molecule has 2 aromatic rings. The molecule has 0 aliphatic heterocycles. The second-order valence-electron chi connectivity index (χ2n) is 7.08. The topological polar surface area (TPSA) is 74.5 Å². The Balaban J connectivity index is 0.00000364. The van der Waals surface area contributed by atoms with Gasteiger partial charge < -0.3 is 15.7 Å². The molecule has 2 atom stereocenters. The van der Waals surface area contributed by atoms with Crippen LogP contribution < -0.4 is 10.6 Å². The van der Waals surface area contributed by atoms with Gasteiger partial charge in [0.2, 0.25) is 0 Å². The first kappa shape index (κ1) is 23.9. The number of aryl methyl sites for hydroxylation is 2. The Hall–Kier alpha value is -1.13. The van der Waals surface area contributed by atoms with Crippen LogP contribution in [0.4, 0.5) is 0 Å². The minimum Gasteiger partial charge on any atom is -0.383 e. The van der Waals surface area contributed by atoms with Crippen molar-refractivity contribution < 1.29 is 5.11 Å². The average Bonchev–Trinajstić information content (AvgIpc) is 3.21. The predicted molar refractivity (Wildman–Crippen MR) is 124 cm³/mol. The maximum Gasteiger partial charge on any atom is 0.191 e. The highest BCUT2D eigenvalue weighted by molar-refractivity contribution is 14.0. The Kier molecular flexibility index (Phi) is 9.75. The van der Waals surface area contributed by atoms with Crippen molar-refractivity contribution in [1.29, 1.82) is 0 Å². The molecule has 152 valence electrons. The van der Waals surface area contributed by atoms with Gasteiger partial charge in [0.1, 0.15) is 5.60 Å². The molecule has 0 spiro atoms. The molecular formula is C19H32IN5OS. The van der Waals surface area contributed by atoms with Crippen molar-refractivity contribution in [3.63, 3.8) is 0 Å². The first-order chi connectivity index (χ1) is 12.3. The van der Waals surface area contributed by atoms with Crippen LogP contribution in [0.1, 0.15) is 37.7 Å². The van der Waals surface area contributed by atoms with Crippen LogP contribution in [0.3, 0.4) is 0 Å². The Morgan fingerprint density at radius 2 is 2.15 bits per heavy atom. The number of hydrogen-bond acceptors (Lipinski definition) is 4. The van der Waals surface area contributed by atoms with Gasteiger partial charge in [-0.3, -0.25) is 4.68 Å².